The quantitative estimate of drug-likeness (QED) is 0.762. The van der Waals surface area contributed by atoms with Crippen molar-refractivity contribution >= 4 is 11.8 Å². The highest BCUT2D eigenvalue weighted by Crippen LogP contribution is 2.34. The summed E-state index contributed by atoms with van der Waals surface area (Å²) in [5, 5.41) is 0. The maximum Gasteiger partial charge on any atom is 0.227 e. The summed E-state index contributed by atoms with van der Waals surface area (Å²) in [5.74, 6) is 1.08. The van der Waals surface area contributed by atoms with E-state index in [4.69, 9.17) is 4.74 Å². The number of rotatable bonds is 5. The van der Waals surface area contributed by atoms with Gasteiger partial charge in [-0.15, -0.1) is 0 Å². The molecule has 158 valence electrons. The molecule has 2 fully saturated rings. The number of methoxy groups -OCH3 is 1. The fourth-order valence-electron chi connectivity index (χ4n) is 4.49. The Bertz CT molecular complexity index is 922. The molecule has 0 unspecified atom stereocenters. The molecule has 0 spiro atoms. The highest BCUT2D eigenvalue weighted by molar-refractivity contribution is 5.84. The number of hydrogen-bond acceptors (Lipinski definition) is 3. The number of benzene rings is 2. The van der Waals surface area contributed by atoms with Gasteiger partial charge in [0.2, 0.25) is 11.8 Å². The van der Waals surface area contributed by atoms with Crippen molar-refractivity contribution in [1.82, 2.24) is 9.80 Å². The fourth-order valence-corrected chi connectivity index (χ4v) is 4.49. The Labute approximate surface area is 178 Å². The Morgan fingerprint density at radius 2 is 1.73 bits per heavy atom. The summed E-state index contributed by atoms with van der Waals surface area (Å²) >= 11 is 0. The first-order valence-electron chi connectivity index (χ1n) is 10.8. The number of para-hydroxylation sites is 1. The lowest BCUT2D eigenvalue weighted by molar-refractivity contribution is -0.138. The summed E-state index contributed by atoms with van der Waals surface area (Å²) in [4.78, 5) is 29.7. The second kappa shape index (κ2) is 8.90. The molecule has 0 bridgehead atoms. The van der Waals surface area contributed by atoms with E-state index in [1.54, 1.807) is 12.0 Å². The molecular formula is C25H30N2O3. The van der Waals surface area contributed by atoms with Crippen molar-refractivity contribution in [1.29, 1.82) is 0 Å². The molecule has 2 aliphatic rings. The van der Waals surface area contributed by atoms with Gasteiger partial charge in [0.1, 0.15) is 5.75 Å². The molecule has 2 amide bonds. The molecule has 1 heterocycles. The van der Waals surface area contributed by atoms with Crippen LogP contribution in [-0.4, -0.2) is 55.4 Å². The highest BCUT2D eigenvalue weighted by atomic mass is 16.5. The van der Waals surface area contributed by atoms with Crippen molar-refractivity contribution in [2.45, 2.75) is 25.7 Å². The Kier molecular flexibility index (Phi) is 6.07. The molecule has 1 atom stereocenters. The van der Waals surface area contributed by atoms with Crippen LogP contribution in [0.1, 0.15) is 24.8 Å². The molecular weight excluding hydrogens is 376 g/mol. The number of amides is 2. The molecule has 1 aliphatic heterocycles. The van der Waals surface area contributed by atoms with E-state index in [1.165, 1.54) is 0 Å². The molecule has 0 aromatic heterocycles. The molecule has 5 nitrogen and oxygen atoms in total. The summed E-state index contributed by atoms with van der Waals surface area (Å²) in [6, 6.07) is 16.1. The van der Waals surface area contributed by atoms with Crippen LogP contribution in [0.4, 0.5) is 0 Å². The van der Waals surface area contributed by atoms with Crippen molar-refractivity contribution in [3.63, 3.8) is 0 Å². The van der Waals surface area contributed by atoms with E-state index < -0.39 is 0 Å². The van der Waals surface area contributed by atoms with Crippen molar-refractivity contribution in [2.24, 2.45) is 11.8 Å². The van der Waals surface area contributed by atoms with Crippen LogP contribution in [0.3, 0.4) is 0 Å². The van der Waals surface area contributed by atoms with Gasteiger partial charge in [-0.3, -0.25) is 9.59 Å². The first-order valence-corrected chi connectivity index (χ1v) is 10.8. The average molecular weight is 407 g/mol. The molecule has 5 heteroatoms. The fraction of sp³-hybridized carbons (Fsp3) is 0.440. The average Bonchev–Trinajstić information content (AvgIpc) is 2.87. The lowest BCUT2D eigenvalue weighted by Crippen LogP contribution is -2.42. The molecule has 1 saturated carbocycles. The van der Waals surface area contributed by atoms with Crippen LogP contribution in [0.2, 0.25) is 0 Å². The van der Waals surface area contributed by atoms with E-state index in [0.29, 0.717) is 26.1 Å². The van der Waals surface area contributed by atoms with Crippen molar-refractivity contribution in [3.05, 3.63) is 54.1 Å². The van der Waals surface area contributed by atoms with E-state index >= 15 is 0 Å². The Balaban J connectivity index is 1.62. The van der Waals surface area contributed by atoms with E-state index in [2.05, 4.69) is 12.1 Å². The van der Waals surface area contributed by atoms with Gasteiger partial charge in [-0.25, -0.2) is 0 Å². The minimum absolute atomic E-state index is 0.119. The van der Waals surface area contributed by atoms with Gasteiger partial charge in [0.05, 0.1) is 13.0 Å². The van der Waals surface area contributed by atoms with Crippen LogP contribution >= 0.6 is 0 Å². The lowest BCUT2D eigenvalue weighted by atomic mass is 9.84. The monoisotopic (exact) mass is 406 g/mol. The predicted octanol–water partition coefficient (Wildman–Crippen LogP) is 3.62. The van der Waals surface area contributed by atoms with Crippen LogP contribution in [0, 0.1) is 11.8 Å². The largest absolute Gasteiger partial charge is 0.496 e. The van der Waals surface area contributed by atoms with Gasteiger partial charge in [-0.2, -0.15) is 0 Å². The first kappa shape index (κ1) is 20.5. The van der Waals surface area contributed by atoms with Crippen molar-refractivity contribution in [2.75, 3.05) is 33.8 Å². The third-order valence-electron chi connectivity index (χ3n) is 6.52. The highest BCUT2D eigenvalue weighted by Gasteiger charge is 2.35. The normalized spacial score (nSPS) is 19.9. The van der Waals surface area contributed by atoms with Crippen LogP contribution in [0.15, 0.2) is 48.5 Å². The minimum Gasteiger partial charge on any atom is -0.496 e. The molecule has 4 rings (SSSR count). The second-order valence-electron chi connectivity index (χ2n) is 8.43. The number of nitrogens with zero attached hydrogens (tertiary/aromatic N) is 2. The first-order chi connectivity index (χ1) is 14.6. The molecule has 2 aromatic carbocycles. The number of hydrogen-bond donors (Lipinski definition) is 0. The summed E-state index contributed by atoms with van der Waals surface area (Å²) in [6.07, 6.45) is 3.71. The molecule has 0 radical (unpaired) electrons. The second-order valence-corrected chi connectivity index (χ2v) is 8.43. The summed E-state index contributed by atoms with van der Waals surface area (Å²) in [7, 11) is 3.52. The van der Waals surface area contributed by atoms with Gasteiger partial charge in [0.25, 0.3) is 0 Å². The summed E-state index contributed by atoms with van der Waals surface area (Å²) in [6.45, 7) is 1.73. The van der Waals surface area contributed by atoms with Gasteiger partial charge in [0, 0.05) is 38.2 Å². The number of carbonyl (C=O) groups is 2. The van der Waals surface area contributed by atoms with Gasteiger partial charge < -0.3 is 14.5 Å². The standard InChI is InChI=1S/C25H30N2O3/c1-26-14-15-27(25(29)18-9-7-10-18)17-20(24(26)28)16-19-8-3-4-11-21(19)22-12-5-6-13-23(22)30-2/h3-6,8,11-13,18,20H,7,9-10,14-17H2,1-2H3/t20-/m0/s1. The lowest BCUT2D eigenvalue weighted by Gasteiger charge is -2.32. The van der Waals surface area contributed by atoms with Crippen LogP contribution in [0.5, 0.6) is 5.75 Å². The molecule has 1 saturated heterocycles. The number of ether oxygens (including phenoxy) is 1. The Hall–Kier alpha value is -2.82. The Morgan fingerprint density at radius 3 is 2.43 bits per heavy atom. The van der Waals surface area contributed by atoms with Crippen LogP contribution < -0.4 is 4.74 Å². The number of carbonyl (C=O) groups excluding carboxylic acids is 2. The maximum absolute atomic E-state index is 13.1. The molecule has 30 heavy (non-hydrogen) atoms. The van der Waals surface area contributed by atoms with Gasteiger partial charge in [-0.05, 0) is 36.5 Å². The van der Waals surface area contributed by atoms with Crippen molar-refractivity contribution in [3.8, 4) is 16.9 Å². The third-order valence-corrected chi connectivity index (χ3v) is 6.52. The zero-order valence-electron chi connectivity index (χ0n) is 17.8. The third kappa shape index (κ3) is 4.07. The number of likely N-dealkylation sites (N-methyl/N-ethyl adjacent to an activating group) is 1. The van der Waals surface area contributed by atoms with Gasteiger partial charge in [0.15, 0.2) is 0 Å². The summed E-state index contributed by atoms with van der Waals surface area (Å²) in [5.41, 5.74) is 3.20. The van der Waals surface area contributed by atoms with E-state index in [-0.39, 0.29) is 23.7 Å². The van der Waals surface area contributed by atoms with Gasteiger partial charge >= 0.3 is 0 Å². The van der Waals surface area contributed by atoms with E-state index in [1.807, 2.05) is 48.3 Å². The molecule has 2 aromatic rings. The predicted molar refractivity (Wildman–Crippen MR) is 117 cm³/mol. The molecule has 0 N–H and O–H groups in total. The van der Waals surface area contributed by atoms with Gasteiger partial charge in [-0.1, -0.05) is 48.9 Å². The van der Waals surface area contributed by atoms with E-state index in [0.717, 1.165) is 41.7 Å². The summed E-state index contributed by atoms with van der Waals surface area (Å²) < 4.78 is 5.57. The zero-order valence-corrected chi connectivity index (χ0v) is 17.8. The smallest absolute Gasteiger partial charge is 0.227 e. The topological polar surface area (TPSA) is 49.9 Å². The minimum atomic E-state index is -0.239. The van der Waals surface area contributed by atoms with Crippen LogP contribution in [0.25, 0.3) is 11.1 Å². The van der Waals surface area contributed by atoms with Crippen molar-refractivity contribution < 1.29 is 14.3 Å². The maximum atomic E-state index is 13.1. The van der Waals surface area contributed by atoms with Crippen LogP contribution in [-0.2, 0) is 16.0 Å². The molecule has 1 aliphatic carbocycles. The zero-order chi connectivity index (χ0) is 21.1. The Morgan fingerprint density at radius 1 is 1.03 bits per heavy atom. The van der Waals surface area contributed by atoms with E-state index in [9.17, 15) is 9.59 Å². The SMILES string of the molecule is COc1ccccc1-c1ccccc1C[C@H]1CN(C(=O)C2CCC2)CCN(C)C1=O.